The monoisotopic (exact) mass is 266 g/mol. The first-order chi connectivity index (χ1) is 8.86. The van der Waals surface area contributed by atoms with E-state index in [1.165, 1.54) is 23.4 Å². The molecule has 0 bridgehead atoms. The van der Waals surface area contributed by atoms with E-state index in [0.29, 0.717) is 6.04 Å². The van der Waals surface area contributed by atoms with Crippen molar-refractivity contribution in [3.8, 4) is 0 Å². The van der Waals surface area contributed by atoms with Crippen molar-refractivity contribution in [1.82, 2.24) is 4.90 Å². The van der Waals surface area contributed by atoms with Gasteiger partial charge in [-0.25, -0.2) is 0 Å². The number of thiophene rings is 1. The molecular formula is C13H18N2O2S. The van der Waals surface area contributed by atoms with Crippen LogP contribution in [0.15, 0.2) is 11.4 Å². The normalized spacial score (nSPS) is 25.6. The number of hydrogen-bond acceptors (Lipinski definition) is 5. The summed E-state index contributed by atoms with van der Waals surface area (Å²) < 4.78 is 5.40. The van der Waals surface area contributed by atoms with Gasteiger partial charge >= 0.3 is 0 Å². The number of hydrogen-bond donors (Lipinski definition) is 0. The number of anilines is 1. The third-order valence-corrected chi connectivity index (χ3v) is 4.66. The van der Waals surface area contributed by atoms with E-state index in [9.17, 15) is 4.79 Å². The molecule has 3 heterocycles. The second-order valence-corrected chi connectivity index (χ2v) is 5.80. The highest BCUT2D eigenvalue weighted by molar-refractivity contribution is 7.12. The van der Waals surface area contributed by atoms with Gasteiger partial charge in [0.25, 0.3) is 0 Å². The summed E-state index contributed by atoms with van der Waals surface area (Å²) in [5.41, 5.74) is 1.21. The number of ether oxygens (including phenoxy) is 1. The van der Waals surface area contributed by atoms with Crippen LogP contribution in [-0.4, -0.2) is 56.6 Å². The fourth-order valence-electron chi connectivity index (χ4n) is 2.79. The number of carbonyl (C=O) groups is 1. The second-order valence-electron chi connectivity index (χ2n) is 4.86. The van der Waals surface area contributed by atoms with E-state index in [1.807, 2.05) is 6.07 Å². The molecule has 0 amide bonds. The summed E-state index contributed by atoms with van der Waals surface area (Å²) in [5.74, 6) is 0. The van der Waals surface area contributed by atoms with Crippen molar-refractivity contribution < 1.29 is 9.53 Å². The lowest BCUT2D eigenvalue weighted by Crippen LogP contribution is -2.44. The Labute approximate surface area is 111 Å². The molecule has 0 aliphatic carbocycles. The topological polar surface area (TPSA) is 32.8 Å². The minimum atomic E-state index is 0.647. The van der Waals surface area contributed by atoms with Crippen LogP contribution in [0, 0.1) is 0 Å². The summed E-state index contributed by atoms with van der Waals surface area (Å²) in [4.78, 5) is 16.5. The van der Waals surface area contributed by atoms with E-state index >= 15 is 0 Å². The van der Waals surface area contributed by atoms with Crippen molar-refractivity contribution in [1.29, 1.82) is 0 Å². The van der Waals surface area contributed by atoms with Crippen LogP contribution in [0.4, 0.5) is 5.69 Å². The highest BCUT2D eigenvalue weighted by Gasteiger charge is 2.29. The van der Waals surface area contributed by atoms with E-state index in [4.69, 9.17) is 4.74 Å². The van der Waals surface area contributed by atoms with Gasteiger partial charge in [-0.1, -0.05) is 0 Å². The molecule has 0 radical (unpaired) electrons. The Morgan fingerprint density at radius 3 is 2.89 bits per heavy atom. The molecule has 3 rings (SSSR count). The number of rotatable bonds is 3. The molecule has 1 unspecified atom stereocenters. The maximum Gasteiger partial charge on any atom is 0.160 e. The lowest BCUT2D eigenvalue weighted by molar-refractivity contribution is 0.0209. The molecule has 1 aromatic rings. The molecule has 2 saturated heterocycles. The van der Waals surface area contributed by atoms with Crippen molar-refractivity contribution in [3.05, 3.63) is 16.3 Å². The first-order valence-corrected chi connectivity index (χ1v) is 7.35. The molecule has 18 heavy (non-hydrogen) atoms. The molecule has 1 aromatic heterocycles. The molecule has 2 aliphatic rings. The standard InChI is InChI=1S/C13H18N2O2S/c16-9-13-7-12(10-18-13)15-2-1-11(8-15)14-3-5-17-6-4-14/h7,9-11H,1-6,8H2. The summed E-state index contributed by atoms with van der Waals surface area (Å²) >= 11 is 1.53. The predicted molar refractivity (Wildman–Crippen MR) is 72.7 cm³/mol. The average molecular weight is 266 g/mol. The van der Waals surface area contributed by atoms with Gasteiger partial charge in [-0.15, -0.1) is 11.3 Å². The van der Waals surface area contributed by atoms with Crippen molar-refractivity contribution in [3.63, 3.8) is 0 Å². The summed E-state index contributed by atoms with van der Waals surface area (Å²) in [5, 5.41) is 2.09. The highest BCUT2D eigenvalue weighted by Crippen LogP contribution is 2.27. The molecule has 0 saturated carbocycles. The van der Waals surface area contributed by atoms with Crippen molar-refractivity contribution >= 4 is 23.3 Å². The Hall–Kier alpha value is -0.910. The predicted octanol–water partition coefficient (Wildman–Crippen LogP) is 1.47. The highest BCUT2D eigenvalue weighted by atomic mass is 32.1. The molecule has 1 atom stereocenters. The molecule has 0 N–H and O–H groups in total. The van der Waals surface area contributed by atoms with Crippen molar-refractivity contribution in [2.45, 2.75) is 12.5 Å². The van der Waals surface area contributed by atoms with Crippen molar-refractivity contribution in [2.24, 2.45) is 0 Å². The number of aldehydes is 1. The first-order valence-electron chi connectivity index (χ1n) is 6.47. The molecule has 0 aromatic carbocycles. The van der Waals surface area contributed by atoms with Crippen LogP contribution in [0.3, 0.4) is 0 Å². The average Bonchev–Trinajstić information content (AvgIpc) is 3.08. The van der Waals surface area contributed by atoms with Crippen LogP contribution in [0.25, 0.3) is 0 Å². The second kappa shape index (κ2) is 5.38. The SMILES string of the molecule is O=Cc1cc(N2CCC(N3CCOCC3)C2)cs1. The van der Waals surface area contributed by atoms with E-state index in [2.05, 4.69) is 15.2 Å². The molecule has 2 fully saturated rings. The van der Waals surface area contributed by atoms with E-state index in [1.54, 1.807) is 0 Å². The maximum atomic E-state index is 10.7. The lowest BCUT2D eigenvalue weighted by Gasteiger charge is -2.32. The minimum absolute atomic E-state index is 0.647. The van der Waals surface area contributed by atoms with Gasteiger partial charge in [0.15, 0.2) is 6.29 Å². The van der Waals surface area contributed by atoms with Crippen LogP contribution in [0.2, 0.25) is 0 Å². The Bertz CT molecular complexity index is 415. The van der Waals surface area contributed by atoms with Gasteiger partial charge in [0.2, 0.25) is 0 Å². The Kier molecular flexibility index (Phi) is 3.63. The zero-order valence-corrected chi connectivity index (χ0v) is 11.2. The Morgan fingerprint density at radius 2 is 2.17 bits per heavy atom. The van der Waals surface area contributed by atoms with E-state index in [-0.39, 0.29) is 0 Å². The zero-order valence-electron chi connectivity index (χ0n) is 10.4. The molecule has 4 nitrogen and oxygen atoms in total. The van der Waals surface area contributed by atoms with Gasteiger partial charge in [0, 0.05) is 43.3 Å². The summed E-state index contributed by atoms with van der Waals surface area (Å²) in [7, 11) is 0. The van der Waals surface area contributed by atoms with Crippen LogP contribution < -0.4 is 4.90 Å². The van der Waals surface area contributed by atoms with Gasteiger partial charge < -0.3 is 9.64 Å². The van der Waals surface area contributed by atoms with Crippen LogP contribution in [-0.2, 0) is 4.74 Å². The van der Waals surface area contributed by atoms with Gasteiger partial charge in [0.1, 0.15) is 0 Å². The fraction of sp³-hybridized carbons (Fsp3) is 0.615. The van der Waals surface area contributed by atoms with Gasteiger partial charge in [-0.3, -0.25) is 9.69 Å². The smallest absolute Gasteiger partial charge is 0.160 e. The van der Waals surface area contributed by atoms with Crippen LogP contribution in [0.5, 0.6) is 0 Å². The van der Waals surface area contributed by atoms with E-state index in [0.717, 1.165) is 50.6 Å². The van der Waals surface area contributed by atoms with Crippen LogP contribution >= 0.6 is 11.3 Å². The Morgan fingerprint density at radius 1 is 1.33 bits per heavy atom. The van der Waals surface area contributed by atoms with Crippen molar-refractivity contribution in [2.75, 3.05) is 44.3 Å². The fourth-order valence-corrected chi connectivity index (χ4v) is 3.51. The molecule has 0 spiro atoms. The molecular weight excluding hydrogens is 248 g/mol. The first kappa shape index (κ1) is 12.1. The van der Waals surface area contributed by atoms with Gasteiger partial charge in [-0.2, -0.15) is 0 Å². The summed E-state index contributed by atoms with van der Waals surface area (Å²) in [6, 6.07) is 2.65. The quantitative estimate of drug-likeness (QED) is 0.776. The van der Waals surface area contributed by atoms with Gasteiger partial charge in [-0.05, 0) is 12.5 Å². The summed E-state index contributed by atoms with van der Waals surface area (Å²) in [6.07, 6.45) is 2.15. The lowest BCUT2D eigenvalue weighted by atomic mass is 10.2. The zero-order chi connectivity index (χ0) is 12.4. The third-order valence-electron chi connectivity index (χ3n) is 3.81. The third kappa shape index (κ3) is 2.43. The minimum Gasteiger partial charge on any atom is -0.379 e. The largest absolute Gasteiger partial charge is 0.379 e. The molecule has 2 aliphatic heterocycles. The number of carbonyl (C=O) groups excluding carboxylic acids is 1. The molecule has 5 heteroatoms. The van der Waals surface area contributed by atoms with E-state index < -0.39 is 0 Å². The molecule has 98 valence electrons. The Balaban J connectivity index is 1.62. The number of morpholine rings is 1. The summed E-state index contributed by atoms with van der Waals surface area (Å²) in [6.45, 7) is 6.02. The van der Waals surface area contributed by atoms with Gasteiger partial charge in [0.05, 0.1) is 18.1 Å². The number of nitrogens with zero attached hydrogens (tertiary/aromatic N) is 2. The maximum absolute atomic E-state index is 10.7. The van der Waals surface area contributed by atoms with Crippen LogP contribution in [0.1, 0.15) is 16.1 Å².